The van der Waals surface area contributed by atoms with Gasteiger partial charge in [-0.3, -0.25) is 4.79 Å². The second-order valence-corrected chi connectivity index (χ2v) is 6.33. The van der Waals surface area contributed by atoms with E-state index < -0.39 is 0 Å². The zero-order chi connectivity index (χ0) is 14.9. The van der Waals surface area contributed by atoms with Crippen molar-refractivity contribution in [3.63, 3.8) is 0 Å². The van der Waals surface area contributed by atoms with Crippen LogP contribution in [0.15, 0.2) is 36.5 Å². The van der Waals surface area contributed by atoms with Gasteiger partial charge in [0.25, 0.3) is 0 Å². The third-order valence-corrected chi connectivity index (χ3v) is 4.83. The Hall–Kier alpha value is -2.17. The first-order valence-corrected chi connectivity index (χ1v) is 8.07. The van der Waals surface area contributed by atoms with E-state index in [0.717, 1.165) is 37.2 Å². The maximum atomic E-state index is 12.3. The molecule has 4 rings (SSSR count). The Morgan fingerprint density at radius 2 is 1.82 bits per heavy atom. The van der Waals surface area contributed by atoms with E-state index in [1.807, 2.05) is 46.1 Å². The van der Waals surface area contributed by atoms with Crippen LogP contribution >= 0.6 is 0 Å². The molecule has 22 heavy (non-hydrogen) atoms. The molecule has 1 aromatic carbocycles. The maximum absolute atomic E-state index is 12.3. The van der Waals surface area contributed by atoms with E-state index in [9.17, 15) is 4.79 Å². The van der Waals surface area contributed by atoms with E-state index in [1.54, 1.807) is 0 Å². The Morgan fingerprint density at radius 3 is 2.55 bits per heavy atom. The molecule has 1 saturated heterocycles. The molecule has 1 amide bonds. The molecule has 5 heteroatoms. The summed E-state index contributed by atoms with van der Waals surface area (Å²) in [6.45, 7) is 1.54. The topological polar surface area (TPSA) is 51.0 Å². The number of hydrogen-bond donors (Lipinski definition) is 0. The molecule has 2 aromatic rings. The van der Waals surface area contributed by atoms with Gasteiger partial charge in [0.2, 0.25) is 5.91 Å². The highest BCUT2D eigenvalue weighted by atomic mass is 16.2. The number of benzene rings is 1. The molecule has 114 valence electrons. The number of rotatable bonds is 3. The van der Waals surface area contributed by atoms with Crippen molar-refractivity contribution in [2.24, 2.45) is 5.92 Å². The molecule has 0 N–H and O–H groups in total. The first-order chi connectivity index (χ1) is 10.8. The van der Waals surface area contributed by atoms with Gasteiger partial charge < -0.3 is 4.90 Å². The fourth-order valence-corrected chi connectivity index (χ4v) is 3.43. The lowest BCUT2D eigenvalue weighted by Crippen LogP contribution is -2.52. The van der Waals surface area contributed by atoms with E-state index in [2.05, 4.69) is 10.3 Å². The van der Waals surface area contributed by atoms with Crippen molar-refractivity contribution in [3.05, 3.63) is 36.5 Å². The van der Waals surface area contributed by atoms with Crippen LogP contribution in [0.25, 0.3) is 11.3 Å². The van der Waals surface area contributed by atoms with Crippen molar-refractivity contribution >= 4 is 5.91 Å². The molecular formula is C17H20N4O. The molecule has 1 aliphatic heterocycles. The number of amides is 1. The number of likely N-dealkylation sites (tertiary alicyclic amines) is 1. The van der Waals surface area contributed by atoms with Crippen molar-refractivity contribution in [1.82, 2.24) is 19.9 Å². The highest BCUT2D eigenvalue weighted by Gasteiger charge is 2.36. The second kappa shape index (κ2) is 5.55. The van der Waals surface area contributed by atoms with Gasteiger partial charge in [0.15, 0.2) is 0 Å². The molecule has 0 bridgehead atoms. The molecule has 0 atom stereocenters. The molecule has 1 saturated carbocycles. The van der Waals surface area contributed by atoms with Gasteiger partial charge in [0.1, 0.15) is 5.69 Å². The fraction of sp³-hybridized carbons (Fsp3) is 0.471. The SMILES string of the molecule is O=C(C1CCCC1)N1CC(n2cc(-c3ccccc3)nn2)C1. The van der Waals surface area contributed by atoms with Gasteiger partial charge in [-0.25, -0.2) is 4.68 Å². The fourth-order valence-electron chi connectivity index (χ4n) is 3.43. The van der Waals surface area contributed by atoms with E-state index >= 15 is 0 Å². The Bertz CT molecular complexity index is 654. The lowest BCUT2D eigenvalue weighted by molar-refractivity contribution is -0.141. The van der Waals surface area contributed by atoms with E-state index in [1.165, 1.54) is 12.8 Å². The summed E-state index contributed by atoms with van der Waals surface area (Å²) in [5.41, 5.74) is 1.97. The summed E-state index contributed by atoms with van der Waals surface area (Å²) in [5, 5.41) is 8.48. The zero-order valence-electron chi connectivity index (χ0n) is 12.6. The molecule has 2 heterocycles. The van der Waals surface area contributed by atoms with Gasteiger partial charge in [-0.2, -0.15) is 0 Å². The van der Waals surface area contributed by atoms with Crippen molar-refractivity contribution in [2.45, 2.75) is 31.7 Å². The Labute approximate surface area is 129 Å². The van der Waals surface area contributed by atoms with Gasteiger partial charge in [-0.15, -0.1) is 5.10 Å². The summed E-state index contributed by atoms with van der Waals surface area (Å²) in [5.74, 6) is 0.619. The molecule has 5 nitrogen and oxygen atoms in total. The van der Waals surface area contributed by atoms with Crippen LogP contribution in [0.4, 0.5) is 0 Å². The minimum atomic E-state index is 0.273. The quantitative estimate of drug-likeness (QED) is 0.874. The number of hydrogen-bond acceptors (Lipinski definition) is 3. The highest BCUT2D eigenvalue weighted by molar-refractivity contribution is 5.80. The monoisotopic (exact) mass is 296 g/mol. The largest absolute Gasteiger partial charge is 0.338 e. The van der Waals surface area contributed by atoms with Gasteiger partial charge in [0.05, 0.1) is 12.2 Å². The van der Waals surface area contributed by atoms with Gasteiger partial charge in [0, 0.05) is 24.6 Å². The van der Waals surface area contributed by atoms with Crippen LogP contribution in [0.5, 0.6) is 0 Å². The van der Waals surface area contributed by atoms with Crippen LogP contribution in [0, 0.1) is 5.92 Å². The number of carbonyl (C=O) groups is 1. The van der Waals surface area contributed by atoms with E-state index in [4.69, 9.17) is 0 Å². The summed E-state index contributed by atoms with van der Waals surface area (Å²) in [6, 6.07) is 10.3. The molecular weight excluding hydrogens is 276 g/mol. The minimum absolute atomic E-state index is 0.273. The minimum Gasteiger partial charge on any atom is -0.338 e. The van der Waals surface area contributed by atoms with Crippen LogP contribution in [0.3, 0.4) is 0 Å². The molecule has 1 aromatic heterocycles. The Balaban J connectivity index is 1.39. The first-order valence-electron chi connectivity index (χ1n) is 8.07. The number of aromatic nitrogens is 3. The lowest BCUT2D eigenvalue weighted by atomic mass is 10.0. The summed E-state index contributed by atoms with van der Waals surface area (Å²) in [7, 11) is 0. The zero-order valence-corrected chi connectivity index (χ0v) is 12.6. The average Bonchev–Trinajstić information content (AvgIpc) is 3.18. The molecule has 2 fully saturated rings. The van der Waals surface area contributed by atoms with Gasteiger partial charge in [-0.05, 0) is 12.8 Å². The molecule has 0 unspecified atom stereocenters. The van der Waals surface area contributed by atoms with Gasteiger partial charge >= 0.3 is 0 Å². The van der Waals surface area contributed by atoms with Crippen molar-refractivity contribution in [1.29, 1.82) is 0 Å². The normalized spacial score (nSPS) is 19.4. The molecule has 2 aliphatic rings. The number of carbonyl (C=O) groups excluding carboxylic acids is 1. The summed E-state index contributed by atoms with van der Waals surface area (Å²) in [6.07, 6.45) is 6.54. The second-order valence-electron chi connectivity index (χ2n) is 6.33. The maximum Gasteiger partial charge on any atom is 0.225 e. The summed E-state index contributed by atoms with van der Waals surface area (Å²) < 4.78 is 1.90. The van der Waals surface area contributed by atoms with E-state index in [-0.39, 0.29) is 12.0 Å². The highest BCUT2D eigenvalue weighted by Crippen LogP contribution is 2.30. The lowest BCUT2D eigenvalue weighted by Gasteiger charge is -2.40. The smallest absolute Gasteiger partial charge is 0.225 e. The Morgan fingerprint density at radius 1 is 1.09 bits per heavy atom. The summed E-state index contributed by atoms with van der Waals surface area (Å²) >= 11 is 0. The van der Waals surface area contributed by atoms with Crippen LogP contribution in [-0.4, -0.2) is 38.9 Å². The van der Waals surface area contributed by atoms with Crippen LogP contribution in [0.1, 0.15) is 31.7 Å². The van der Waals surface area contributed by atoms with Crippen molar-refractivity contribution < 1.29 is 4.79 Å². The average molecular weight is 296 g/mol. The predicted molar refractivity (Wildman–Crippen MR) is 83.0 cm³/mol. The van der Waals surface area contributed by atoms with Crippen LogP contribution < -0.4 is 0 Å². The molecule has 0 radical (unpaired) electrons. The molecule has 0 spiro atoms. The molecule has 1 aliphatic carbocycles. The van der Waals surface area contributed by atoms with Crippen molar-refractivity contribution in [2.75, 3.05) is 13.1 Å². The van der Waals surface area contributed by atoms with Gasteiger partial charge in [-0.1, -0.05) is 48.4 Å². The van der Waals surface area contributed by atoms with Crippen LogP contribution in [0.2, 0.25) is 0 Å². The summed E-state index contributed by atoms with van der Waals surface area (Å²) in [4.78, 5) is 14.3. The standard InChI is InChI=1S/C17H20N4O/c22-17(14-8-4-5-9-14)20-10-15(11-20)21-12-16(18-19-21)13-6-2-1-3-7-13/h1-3,6-7,12,14-15H,4-5,8-11H2. The number of nitrogens with zero attached hydrogens (tertiary/aromatic N) is 4. The van der Waals surface area contributed by atoms with Crippen LogP contribution in [-0.2, 0) is 4.79 Å². The first kappa shape index (κ1) is 13.5. The van der Waals surface area contributed by atoms with E-state index in [0.29, 0.717) is 5.91 Å². The Kier molecular flexibility index (Phi) is 3.41. The van der Waals surface area contributed by atoms with Crippen molar-refractivity contribution in [3.8, 4) is 11.3 Å². The predicted octanol–water partition coefficient (Wildman–Crippen LogP) is 2.52. The third-order valence-electron chi connectivity index (χ3n) is 4.83. The third kappa shape index (κ3) is 2.40.